The standard InChI is InChI=1S/C17H29NO2/c1-14-6-8-15(9-7-14)4-2-3-5-16-10-12-17(13-11-16)19-20-18/h2-5,14-17H,6-13,18H2,1H3/b4-2+,5-3+. The first kappa shape index (κ1) is 15.7. The van der Waals surface area contributed by atoms with Crippen LogP contribution < -0.4 is 5.90 Å². The Morgan fingerprint density at radius 2 is 1.30 bits per heavy atom. The van der Waals surface area contributed by atoms with Gasteiger partial charge in [-0.25, -0.2) is 4.89 Å². The van der Waals surface area contributed by atoms with Crippen LogP contribution in [0.15, 0.2) is 24.3 Å². The summed E-state index contributed by atoms with van der Waals surface area (Å²) >= 11 is 0. The number of allylic oxidation sites excluding steroid dienone is 4. The zero-order valence-electron chi connectivity index (χ0n) is 12.7. The second kappa shape index (κ2) is 8.60. The van der Waals surface area contributed by atoms with E-state index in [-0.39, 0.29) is 6.10 Å². The minimum atomic E-state index is 0.185. The van der Waals surface area contributed by atoms with Crippen LogP contribution in [0.25, 0.3) is 0 Å². The van der Waals surface area contributed by atoms with Gasteiger partial charge >= 0.3 is 0 Å². The molecule has 0 radical (unpaired) electrons. The maximum atomic E-state index is 4.98. The highest BCUT2D eigenvalue weighted by molar-refractivity contribution is 5.07. The Morgan fingerprint density at radius 3 is 1.80 bits per heavy atom. The van der Waals surface area contributed by atoms with E-state index >= 15 is 0 Å². The number of nitrogens with two attached hydrogens (primary N) is 1. The Labute approximate surface area is 123 Å². The minimum absolute atomic E-state index is 0.185. The molecule has 2 fully saturated rings. The maximum Gasteiger partial charge on any atom is 0.0950 e. The number of hydrogen-bond acceptors (Lipinski definition) is 3. The molecule has 0 spiro atoms. The van der Waals surface area contributed by atoms with Gasteiger partial charge in [0.2, 0.25) is 0 Å². The molecule has 0 aliphatic heterocycles. The van der Waals surface area contributed by atoms with Gasteiger partial charge in [-0.1, -0.05) is 44.1 Å². The van der Waals surface area contributed by atoms with Crippen molar-refractivity contribution in [2.24, 2.45) is 23.7 Å². The quantitative estimate of drug-likeness (QED) is 0.463. The summed E-state index contributed by atoms with van der Waals surface area (Å²) in [4.78, 5) is 9.25. The van der Waals surface area contributed by atoms with Crippen LogP contribution >= 0.6 is 0 Å². The van der Waals surface area contributed by atoms with Crippen LogP contribution in [0.4, 0.5) is 0 Å². The predicted octanol–water partition coefficient (Wildman–Crippen LogP) is 4.31. The third kappa shape index (κ3) is 5.39. The first-order chi connectivity index (χ1) is 9.78. The molecule has 0 bridgehead atoms. The number of hydrogen-bond donors (Lipinski definition) is 1. The van der Waals surface area contributed by atoms with E-state index in [4.69, 9.17) is 10.8 Å². The molecule has 2 aliphatic rings. The zero-order valence-corrected chi connectivity index (χ0v) is 12.7. The average Bonchev–Trinajstić information content (AvgIpc) is 2.47. The lowest BCUT2D eigenvalue weighted by Crippen LogP contribution is -2.22. The lowest BCUT2D eigenvalue weighted by Gasteiger charge is -2.24. The van der Waals surface area contributed by atoms with Crippen molar-refractivity contribution in [2.45, 2.75) is 64.4 Å². The monoisotopic (exact) mass is 279 g/mol. The molecule has 114 valence electrons. The van der Waals surface area contributed by atoms with Gasteiger partial charge in [-0.15, -0.1) is 4.99 Å². The summed E-state index contributed by atoms with van der Waals surface area (Å²) in [7, 11) is 0. The molecule has 20 heavy (non-hydrogen) atoms. The summed E-state index contributed by atoms with van der Waals surface area (Å²) in [6.45, 7) is 2.37. The second-order valence-electron chi connectivity index (χ2n) is 6.52. The van der Waals surface area contributed by atoms with Gasteiger partial charge in [0.05, 0.1) is 6.10 Å². The molecule has 0 heterocycles. The van der Waals surface area contributed by atoms with Gasteiger partial charge < -0.3 is 0 Å². The van der Waals surface area contributed by atoms with Crippen LogP contribution in [0.1, 0.15) is 58.3 Å². The van der Waals surface area contributed by atoms with Gasteiger partial charge in [-0.2, -0.15) is 5.90 Å². The van der Waals surface area contributed by atoms with Crippen molar-refractivity contribution in [2.75, 3.05) is 0 Å². The molecule has 2 saturated carbocycles. The van der Waals surface area contributed by atoms with Gasteiger partial charge in [0.25, 0.3) is 0 Å². The van der Waals surface area contributed by atoms with Crippen LogP contribution in [0.2, 0.25) is 0 Å². The van der Waals surface area contributed by atoms with Gasteiger partial charge in [0.15, 0.2) is 0 Å². The Bertz CT molecular complexity index is 311. The summed E-state index contributed by atoms with van der Waals surface area (Å²) in [5.41, 5.74) is 0. The van der Waals surface area contributed by atoms with Crippen molar-refractivity contribution in [3.63, 3.8) is 0 Å². The predicted molar refractivity (Wildman–Crippen MR) is 81.5 cm³/mol. The lowest BCUT2D eigenvalue weighted by atomic mass is 9.83. The third-order valence-electron chi connectivity index (χ3n) is 4.85. The highest BCUT2D eigenvalue weighted by atomic mass is 17.3. The smallest absolute Gasteiger partial charge is 0.0950 e. The van der Waals surface area contributed by atoms with E-state index in [9.17, 15) is 0 Å². The molecular weight excluding hydrogens is 250 g/mol. The van der Waals surface area contributed by atoms with Crippen molar-refractivity contribution in [1.29, 1.82) is 0 Å². The topological polar surface area (TPSA) is 44.5 Å². The Balaban J connectivity index is 1.64. The van der Waals surface area contributed by atoms with E-state index in [1.54, 1.807) is 0 Å². The molecule has 2 N–H and O–H groups in total. The van der Waals surface area contributed by atoms with Gasteiger partial charge in [-0.3, -0.25) is 0 Å². The summed E-state index contributed by atoms with van der Waals surface area (Å²) < 4.78 is 0. The molecule has 0 amide bonds. The van der Waals surface area contributed by atoms with E-state index in [0.29, 0.717) is 5.92 Å². The van der Waals surface area contributed by atoms with Crippen LogP contribution in [-0.4, -0.2) is 6.10 Å². The van der Waals surface area contributed by atoms with Crippen LogP contribution in [-0.2, 0) is 9.88 Å². The lowest BCUT2D eigenvalue weighted by molar-refractivity contribution is -0.333. The van der Waals surface area contributed by atoms with E-state index in [1.807, 2.05) is 0 Å². The fourth-order valence-corrected chi connectivity index (χ4v) is 3.38. The fraction of sp³-hybridized carbons (Fsp3) is 0.765. The number of rotatable bonds is 5. The van der Waals surface area contributed by atoms with E-state index in [1.165, 1.54) is 38.5 Å². The van der Waals surface area contributed by atoms with Gasteiger partial charge in [0, 0.05) is 0 Å². The highest BCUT2D eigenvalue weighted by Gasteiger charge is 2.20. The molecule has 2 rings (SSSR count). The third-order valence-corrected chi connectivity index (χ3v) is 4.85. The SMILES string of the molecule is CC1CCC(/C=C/C=C/C2CCC(OON)CC2)CC1. The molecule has 3 nitrogen and oxygen atoms in total. The van der Waals surface area contributed by atoms with E-state index in [0.717, 1.165) is 24.7 Å². The van der Waals surface area contributed by atoms with Crippen molar-refractivity contribution in [1.82, 2.24) is 0 Å². The first-order valence-electron chi connectivity index (χ1n) is 8.15. The molecule has 2 aliphatic carbocycles. The maximum absolute atomic E-state index is 4.98. The molecule has 0 aromatic rings. The largest absolute Gasteiger partial charge is 0.215 e. The van der Waals surface area contributed by atoms with Gasteiger partial charge in [0.1, 0.15) is 0 Å². The summed E-state index contributed by atoms with van der Waals surface area (Å²) in [5, 5.41) is 0. The van der Waals surface area contributed by atoms with Crippen LogP contribution in [0, 0.1) is 17.8 Å². The van der Waals surface area contributed by atoms with Crippen molar-refractivity contribution < 1.29 is 9.88 Å². The van der Waals surface area contributed by atoms with Crippen LogP contribution in [0.5, 0.6) is 0 Å². The van der Waals surface area contributed by atoms with Crippen LogP contribution in [0.3, 0.4) is 0 Å². The zero-order chi connectivity index (χ0) is 14.2. The van der Waals surface area contributed by atoms with Crippen molar-refractivity contribution in [3.05, 3.63) is 24.3 Å². The molecule has 0 saturated heterocycles. The van der Waals surface area contributed by atoms with Gasteiger partial charge in [-0.05, 0) is 56.3 Å². The molecule has 0 aromatic carbocycles. The normalized spacial score (nSPS) is 35.9. The first-order valence-corrected chi connectivity index (χ1v) is 8.15. The van der Waals surface area contributed by atoms with E-state index in [2.05, 4.69) is 36.2 Å². The Kier molecular flexibility index (Phi) is 6.77. The van der Waals surface area contributed by atoms with Crippen molar-refractivity contribution >= 4 is 0 Å². The van der Waals surface area contributed by atoms with E-state index < -0.39 is 0 Å². The summed E-state index contributed by atoms with van der Waals surface area (Å²) in [5.74, 6) is 7.35. The highest BCUT2D eigenvalue weighted by Crippen LogP contribution is 2.29. The van der Waals surface area contributed by atoms with Crippen molar-refractivity contribution in [3.8, 4) is 0 Å². The molecule has 0 aromatic heterocycles. The molecule has 0 atom stereocenters. The Morgan fingerprint density at radius 1 is 0.800 bits per heavy atom. The summed E-state index contributed by atoms with van der Waals surface area (Å²) in [6.07, 6.45) is 19.4. The second-order valence-corrected chi connectivity index (χ2v) is 6.52. The minimum Gasteiger partial charge on any atom is -0.215 e. The molecule has 0 unspecified atom stereocenters. The Hall–Kier alpha value is -0.640. The molecule has 3 heteroatoms. The molecular formula is C17H29NO2. The fourth-order valence-electron chi connectivity index (χ4n) is 3.38. The average molecular weight is 279 g/mol. The summed E-state index contributed by atoms with van der Waals surface area (Å²) in [6, 6.07) is 0.